The predicted octanol–water partition coefficient (Wildman–Crippen LogP) is 1.18. The molecule has 1 saturated heterocycles. The van der Waals surface area contributed by atoms with Crippen LogP contribution in [0.15, 0.2) is 24.4 Å². The van der Waals surface area contributed by atoms with E-state index < -0.39 is 0 Å². The summed E-state index contributed by atoms with van der Waals surface area (Å²) in [7, 11) is 0. The van der Waals surface area contributed by atoms with Crippen molar-refractivity contribution in [3.8, 4) is 0 Å². The molecule has 2 N–H and O–H groups in total. The third kappa shape index (κ3) is 4.66. The fourth-order valence-corrected chi connectivity index (χ4v) is 2.96. The molecular weight excluding hydrogens is 246 g/mol. The molecule has 0 bridgehead atoms. The quantitative estimate of drug-likeness (QED) is 0.839. The van der Waals surface area contributed by atoms with Gasteiger partial charge in [0, 0.05) is 11.4 Å². The third-order valence-corrected chi connectivity index (χ3v) is 4.30. The molecule has 5 heteroatoms. The Morgan fingerprint density at radius 1 is 1.44 bits per heavy atom. The van der Waals surface area contributed by atoms with Crippen LogP contribution in [0.25, 0.3) is 0 Å². The van der Waals surface area contributed by atoms with E-state index in [0.29, 0.717) is 17.5 Å². The summed E-state index contributed by atoms with van der Waals surface area (Å²) in [4.78, 5) is 15.9. The first-order valence-corrected chi connectivity index (χ1v) is 7.38. The van der Waals surface area contributed by atoms with Crippen molar-refractivity contribution in [3.63, 3.8) is 0 Å². The Kier molecular flexibility index (Phi) is 5.48. The Morgan fingerprint density at radius 3 is 3.00 bits per heavy atom. The first-order chi connectivity index (χ1) is 8.84. The Hall–Kier alpha value is -1.07. The van der Waals surface area contributed by atoms with E-state index in [1.165, 1.54) is 0 Å². The van der Waals surface area contributed by atoms with E-state index in [-0.39, 0.29) is 5.91 Å². The van der Waals surface area contributed by atoms with Gasteiger partial charge >= 0.3 is 0 Å². The monoisotopic (exact) mass is 265 g/mol. The van der Waals surface area contributed by atoms with Crippen molar-refractivity contribution < 1.29 is 4.79 Å². The molecule has 0 saturated carbocycles. The highest BCUT2D eigenvalue weighted by atomic mass is 32.2. The van der Waals surface area contributed by atoms with Gasteiger partial charge in [-0.05, 0) is 38.1 Å². The van der Waals surface area contributed by atoms with Crippen molar-refractivity contribution in [1.29, 1.82) is 0 Å². The van der Waals surface area contributed by atoms with Crippen LogP contribution in [0.4, 0.5) is 0 Å². The topological polar surface area (TPSA) is 54.0 Å². The van der Waals surface area contributed by atoms with Crippen molar-refractivity contribution in [2.24, 2.45) is 0 Å². The van der Waals surface area contributed by atoms with E-state index in [9.17, 15) is 4.79 Å². The fourth-order valence-electron chi connectivity index (χ4n) is 1.90. The molecule has 1 aromatic rings. The molecule has 18 heavy (non-hydrogen) atoms. The summed E-state index contributed by atoms with van der Waals surface area (Å²) in [6.45, 7) is 2.67. The normalized spacial score (nSPS) is 16.4. The Labute approximate surface area is 112 Å². The largest absolute Gasteiger partial charge is 0.350 e. The SMILES string of the molecule is O=C(CSC1CCNCC1)NCc1ccccn1. The van der Waals surface area contributed by atoms with Crippen molar-refractivity contribution >= 4 is 17.7 Å². The summed E-state index contributed by atoms with van der Waals surface area (Å²) in [5.74, 6) is 0.654. The summed E-state index contributed by atoms with van der Waals surface area (Å²) in [6, 6.07) is 5.72. The van der Waals surface area contributed by atoms with E-state index in [1.54, 1.807) is 18.0 Å². The van der Waals surface area contributed by atoms with Gasteiger partial charge in [0.1, 0.15) is 0 Å². The molecule has 98 valence electrons. The minimum absolute atomic E-state index is 0.101. The van der Waals surface area contributed by atoms with Gasteiger partial charge in [0.15, 0.2) is 0 Å². The highest BCUT2D eigenvalue weighted by Crippen LogP contribution is 2.19. The van der Waals surface area contributed by atoms with E-state index in [0.717, 1.165) is 31.6 Å². The zero-order valence-electron chi connectivity index (χ0n) is 10.4. The maximum absolute atomic E-state index is 11.7. The number of thioether (sulfide) groups is 1. The minimum Gasteiger partial charge on any atom is -0.350 e. The van der Waals surface area contributed by atoms with Gasteiger partial charge in [-0.1, -0.05) is 6.07 Å². The molecule has 4 nitrogen and oxygen atoms in total. The molecule has 0 aromatic carbocycles. The maximum Gasteiger partial charge on any atom is 0.230 e. The number of carbonyl (C=O) groups excluding carboxylic acids is 1. The first kappa shape index (κ1) is 13.4. The van der Waals surface area contributed by atoms with Gasteiger partial charge in [-0.15, -0.1) is 11.8 Å². The summed E-state index contributed by atoms with van der Waals surface area (Å²) < 4.78 is 0. The molecule has 0 aliphatic carbocycles. The van der Waals surface area contributed by atoms with E-state index >= 15 is 0 Å². The van der Waals surface area contributed by atoms with Crippen molar-refractivity contribution in [2.45, 2.75) is 24.6 Å². The highest BCUT2D eigenvalue weighted by molar-refractivity contribution is 8.00. The van der Waals surface area contributed by atoms with Gasteiger partial charge < -0.3 is 10.6 Å². The highest BCUT2D eigenvalue weighted by Gasteiger charge is 2.14. The molecule has 2 heterocycles. The van der Waals surface area contributed by atoms with Crippen LogP contribution in [0.3, 0.4) is 0 Å². The number of aromatic nitrogens is 1. The Balaban J connectivity index is 1.63. The van der Waals surface area contributed by atoms with Crippen LogP contribution in [0.2, 0.25) is 0 Å². The number of hydrogen-bond acceptors (Lipinski definition) is 4. The zero-order chi connectivity index (χ0) is 12.6. The van der Waals surface area contributed by atoms with E-state index in [1.807, 2.05) is 18.2 Å². The Morgan fingerprint density at radius 2 is 2.28 bits per heavy atom. The smallest absolute Gasteiger partial charge is 0.230 e. The number of hydrogen-bond donors (Lipinski definition) is 2. The molecule has 1 aromatic heterocycles. The zero-order valence-corrected chi connectivity index (χ0v) is 11.2. The van der Waals surface area contributed by atoms with Crippen LogP contribution in [0, 0.1) is 0 Å². The number of pyridine rings is 1. The Bertz CT molecular complexity index is 366. The molecule has 0 spiro atoms. The molecule has 0 atom stereocenters. The van der Waals surface area contributed by atoms with E-state index in [2.05, 4.69) is 15.6 Å². The summed E-state index contributed by atoms with van der Waals surface area (Å²) >= 11 is 1.77. The molecule has 1 aliphatic heterocycles. The molecule has 2 rings (SSSR count). The van der Waals surface area contributed by atoms with Crippen molar-refractivity contribution in [1.82, 2.24) is 15.6 Å². The van der Waals surface area contributed by atoms with E-state index in [4.69, 9.17) is 0 Å². The molecular formula is C13H19N3OS. The molecule has 1 amide bonds. The third-order valence-electron chi connectivity index (χ3n) is 2.93. The second kappa shape index (κ2) is 7.38. The number of amides is 1. The lowest BCUT2D eigenvalue weighted by molar-refractivity contribution is -0.118. The number of nitrogens with one attached hydrogen (secondary N) is 2. The van der Waals surface area contributed by atoms with Gasteiger partial charge in [-0.2, -0.15) is 0 Å². The van der Waals surface area contributed by atoms with Gasteiger partial charge in [0.2, 0.25) is 5.91 Å². The summed E-state index contributed by atoms with van der Waals surface area (Å²) in [6.07, 6.45) is 4.07. The van der Waals surface area contributed by atoms with Crippen LogP contribution in [-0.4, -0.2) is 35.0 Å². The van der Waals surface area contributed by atoms with Gasteiger partial charge in [0.05, 0.1) is 18.0 Å². The van der Waals surface area contributed by atoms with Crippen LogP contribution in [-0.2, 0) is 11.3 Å². The fraction of sp³-hybridized carbons (Fsp3) is 0.538. The lowest BCUT2D eigenvalue weighted by atomic mass is 10.2. The van der Waals surface area contributed by atoms with Gasteiger partial charge in [-0.25, -0.2) is 0 Å². The average Bonchev–Trinajstić information content (AvgIpc) is 2.45. The number of nitrogens with zero attached hydrogens (tertiary/aromatic N) is 1. The van der Waals surface area contributed by atoms with Gasteiger partial charge in [-0.3, -0.25) is 9.78 Å². The number of carbonyl (C=O) groups is 1. The second-order valence-corrected chi connectivity index (χ2v) is 5.65. The standard InChI is InChI=1S/C13H19N3OS/c17-13(10-18-12-4-7-14-8-5-12)16-9-11-3-1-2-6-15-11/h1-3,6,12,14H,4-5,7-10H2,(H,16,17). The maximum atomic E-state index is 11.7. The molecule has 1 fully saturated rings. The van der Waals surface area contributed by atoms with Crippen LogP contribution in [0.1, 0.15) is 18.5 Å². The minimum atomic E-state index is 0.101. The summed E-state index contributed by atoms with van der Waals surface area (Å²) in [5, 5.41) is 6.86. The lowest BCUT2D eigenvalue weighted by Gasteiger charge is -2.21. The van der Waals surface area contributed by atoms with Crippen molar-refractivity contribution in [2.75, 3.05) is 18.8 Å². The van der Waals surface area contributed by atoms with Gasteiger partial charge in [0.25, 0.3) is 0 Å². The molecule has 1 aliphatic rings. The predicted molar refractivity (Wildman–Crippen MR) is 74.4 cm³/mol. The average molecular weight is 265 g/mol. The van der Waals surface area contributed by atoms with Crippen LogP contribution >= 0.6 is 11.8 Å². The molecule has 0 unspecified atom stereocenters. The summed E-state index contributed by atoms with van der Waals surface area (Å²) in [5.41, 5.74) is 0.901. The first-order valence-electron chi connectivity index (χ1n) is 6.33. The number of piperidine rings is 1. The molecule has 0 radical (unpaired) electrons. The number of rotatable bonds is 5. The second-order valence-electron chi connectivity index (χ2n) is 4.36. The van der Waals surface area contributed by atoms with Crippen molar-refractivity contribution in [3.05, 3.63) is 30.1 Å². The van der Waals surface area contributed by atoms with Crippen LogP contribution < -0.4 is 10.6 Å². The lowest BCUT2D eigenvalue weighted by Crippen LogP contribution is -2.31. The van der Waals surface area contributed by atoms with Crippen LogP contribution in [0.5, 0.6) is 0 Å².